The monoisotopic (exact) mass is 322 g/mol. The second-order valence-electron chi connectivity index (χ2n) is 7.24. The van der Waals surface area contributed by atoms with E-state index in [1.165, 1.54) is 12.8 Å². The lowest BCUT2D eigenvalue weighted by Gasteiger charge is -2.38. The van der Waals surface area contributed by atoms with Gasteiger partial charge in [-0.1, -0.05) is 33.9 Å². The molecular weight excluding hydrogens is 292 g/mol. The molecule has 0 aliphatic heterocycles. The standard InChI is InChI=1S/C14H22O2.C5H8O2/c1-9(2)12(15)16-11-8-10-6-7-14(11,5)13(10,3)4;1-3-5(6)7-4-2/h10-11H,1,6-8H2,2-5H3;3H,1,4H2,2H3/t10-,11?,14-;/m1./s1. The summed E-state index contributed by atoms with van der Waals surface area (Å²) in [6.45, 7) is 17.6. The fourth-order valence-electron chi connectivity index (χ4n) is 3.74. The molecule has 0 aromatic heterocycles. The van der Waals surface area contributed by atoms with Crippen LogP contribution in [0.2, 0.25) is 0 Å². The van der Waals surface area contributed by atoms with Crippen LogP contribution in [0.25, 0.3) is 0 Å². The molecule has 130 valence electrons. The van der Waals surface area contributed by atoms with Gasteiger partial charge in [0, 0.05) is 17.1 Å². The molecule has 2 saturated carbocycles. The largest absolute Gasteiger partial charge is 0.463 e. The van der Waals surface area contributed by atoms with E-state index in [0.29, 0.717) is 23.5 Å². The minimum absolute atomic E-state index is 0.0884. The van der Waals surface area contributed by atoms with Crippen molar-refractivity contribution in [2.45, 2.75) is 60.0 Å². The summed E-state index contributed by atoms with van der Waals surface area (Å²) in [4.78, 5) is 21.7. The van der Waals surface area contributed by atoms with E-state index in [4.69, 9.17) is 4.74 Å². The van der Waals surface area contributed by atoms with Crippen molar-refractivity contribution < 1.29 is 19.1 Å². The molecule has 0 radical (unpaired) electrons. The van der Waals surface area contributed by atoms with Gasteiger partial charge in [-0.2, -0.15) is 0 Å². The van der Waals surface area contributed by atoms with Crippen LogP contribution in [-0.4, -0.2) is 24.6 Å². The van der Waals surface area contributed by atoms with Gasteiger partial charge in [-0.3, -0.25) is 0 Å². The van der Waals surface area contributed by atoms with Crippen LogP contribution in [0.5, 0.6) is 0 Å². The van der Waals surface area contributed by atoms with Crippen molar-refractivity contribution in [1.82, 2.24) is 0 Å². The van der Waals surface area contributed by atoms with Gasteiger partial charge in [-0.25, -0.2) is 9.59 Å². The zero-order valence-electron chi connectivity index (χ0n) is 15.1. The highest BCUT2D eigenvalue weighted by molar-refractivity contribution is 5.87. The molecule has 0 aromatic carbocycles. The molecule has 2 rings (SSSR count). The van der Waals surface area contributed by atoms with Gasteiger partial charge >= 0.3 is 11.9 Å². The fraction of sp³-hybridized carbons (Fsp3) is 0.684. The molecule has 0 amide bonds. The molecular formula is C19H30O4. The summed E-state index contributed by atoms with van der Waals surface area (Å²) in [6, 6.07) is 0. The molecule has 0 N–H and O–H groups in total. The Bertz CT molecular complexity index is 492. The van der Waals surface area contributed by atoms with E-state index >= 15 is 0 Å². The van der Waals surface area contributed by atoms with Crippen LogP contribution in [0.3, 0.4) is 0 Å². The van der Waals surface area contributed by atoms with Crippen molar-refractivity contribution in [2.24, 2.45) is 16.7 Å². The number of ether oxygens (including phenoxy) is 2. The summed E-state index contributed by atoms with van der Waals surface area (Å²) in [5, 5.41) is 0. The van der Waals surface area contributed by atoms with Crippen LogP contribution in [0.1, 0.15) is 53.9 Å². The molecule has 2 bridgehead atoms. The van der Waals surface area contributed by atoms with Gasteiger partial charge in [0.25, 0.3) is 0 Å². The van der Waals surface area contributed by atoms with Gasteiger partial charge < -0.3 is 9.47 Å². The normalized spacial score (nSPS) is 30.0. The van der Waals surface area contributed by atoms with E-state index in [1.807, 2.05) is 0 Å². The molecule has 2 fully saturated rings. The van der Waals surface area contributed by atoms with Crippen LogP contribution in [0.4, 0.5) is 0 Å². The van der Waals surface area contributed by atoms with E-state index in [2.05, 4.69) is 38.7 Å². The maximum absolute atomic E-state index is 11.6. The molecule has 2 aliphatic carbocycles. The Labute approximate surface area is 139 Å². The number of hydrogen-bond donors (Lipinski definition) is 0. The van der Waals surface area contributed by atoms with Crippen molar-refractivity contribution in [2.75, 3.05) is 6.61 Å². The summed E-state index contributed by atoms with van der Waals surface area (Å²) < 4.78 is 10.0. The van der Waals surface area contributed by atoms with E-state index in [9.17, 15) is 9.59 Å². The second-order valence-corrected chi connectivity index (χ2v) is 7.24. The zero-order chi connectivity index (χ0) is 17.8. The molecule has 4 heteroatoms. The summed E-state index contributed by atoms with van der Waals surface area (Å²) in [5.41, 5.74) is 0.958. The van der Waals surface area contributed by atoms with Crippen molar-refractivity contribution in [3.63, 3.8) is 0 Å². The fourth-order valence-corrected chi connectivity index (χ4v) is 3.74. The van der Waals surface area contributed by atoms with Crippen LogP contribution < -0.4 is 0 Å². The number of rotatable bonds is 4. The first kappa shape index (κ1) is 19.5. The van der Waals surface area contributed by atoms with Crippen molar-refractivity contribution in [3.8, 4) is 0 Å². The zero-order valence-corrected chi connectivity index (χ0v) is 15.1. The quantitative estimate of drug-likeness (QED) is 0.578. The Morgan fingerprint density at radius 1 is 1.30 bits per heavy atom. The van der Waals surface area contributed by atoms with E-state index in [0.717, 1.165) is 12.5 Å². The summed E-state index contributed by atoms with van der Waals surface area (Å²) in [6.07, 6.45) is 4.72. The highest BCUT2D eigenvalue weighted by Crippen LogP contribution is 2.66. The van der Waals surface area contributed by atoms with Gasteiger partial charge in [0.1, 0.15) is 6.10 Å². The van der Waals surface area contributed by atoms with E-state index in [1.54, 1.807) is 13.8 Å². The highest BCUT2D eigenvalue weighted by Gasteiger charge is 2.62. The molecule has 2 aliphatic rings. The Hall–Kier alpha value is -1.58. The van der Waals surface area contributed by atoms with Crippen LogP contribution in [0.15, 0.2) is 24.8 Å². The van der Waals surface area contributed by atoms with E-state index in [-0.39, 0.29) is 23.5 Å². The average molecular weight is 322 g/mol. The first-order chi connectivity index (χ1) is 10.6. The van der Waals surface area contributed by atoms with Crippen molar-refractivity contribution in [1.29, 1.82) is 0 Å². The molecule has 0 aromatic rings. The summed E-state index contributed by atoms with van der Waals surface area (Å²) in [7, 11) is 0. The van der Waals surface area contributed by atoms with Crippen molar-refractivity contribution >= 4 is 11.9 Å². The first-order valence-electron chi connectivity index (χ1n) is 8.25. The lowest BCUT2D eigenvalue weighted by Crippen LogP contribution is -2.38. The Morgan fingerprint density at radius 2 is 1.91 bits per heavy atom. The third-order valence-corrected chi connectivity index (χ3v) is 5.76. The molecule has 0 saturated heterocycles. The Morgan fingerprint density at radius 3 is 2.22 bits per heavy atom. The van der Waals surface area contributed by atoms with Crippen molar-refractivity contribution in [3.05, 3.63) is 24.8 Å². The topological polar surface area (TPSA) is 52.6 Å². The lowest BCUT2D eigenvalue weighted by atomic mass is 9.70. The Kier molecular flexibility index (Phi) is 6.20. The molecule has 23 heavy (non-hydrogen) atoms. The molecule has 0 spiro atoms. The predicted octanol–water partition coefficient (Wildman–Crippen LogP) is 4.06. The maximum Gasteiger partial charge on any atom is 0.333 e. The first-order valence-corrected chi connectivity index (χ1v) is 8.25. The number of hydrogen-bond acceptors (Lipinski definition) is 4. The van der Waals surface area contributed by atoms with Crippen LogP contribution in [0, 0.1) is 16.7 Å². The Balaban J connectivity index is 0.000000322. The minimum atomic E-state index is -0.359. The van der Waals surface area contributed by atoms with Gasteiger partial charge in [0.05, 0.1) is 6.61 Å². The molecule has 0 heterocycles. The lowest BCUT2D eigenvalue weighted by molar-refractivity contribution is -0.151. The molecule has 1 unspecified atom stereocenters. The number of carbonyl (C=O) groups excluding carboxylic acids is 2. The van der Waals surface area contributed by atoms with Crippen LogP contribution in [-0.2, 0) is 19.1 Å². The summed E-state index contributed by atoms with van der Waals surface area (Å²) >= 11 is 0. The summed E-state index contributed by atoms with van der Waals surface area (Å²) in [5.74, 6) is 0.123. The van der Waals surface area contributed by atoms with Gasteiger partial charge in [-0.15, -0.1) is 0 Å². The average Bonchev–Trinajstić information content (AvgIpc) is 2.81. The van der Waals surface area contributed by atoms with Gasteiger partial charge in [-0.05, 0) is 44.4 Å². The minimum Gasteiger partial charge on any atom is -0.463 e. The highest BCUT2D eigenvalue weighted by atomic mass is 16.5. The SMILES string of the molecule is C=C(C)C(=O)OC1C[C@H]2CC[C@@]1(C)C2(C)C.C=CC(=O)OCC. The number of fused-ring (bicyclic) bond motifs is 2. The predicted molar refractivity (Wildman–Crippen MR) is 90.8 cm³/mol. The van der Waals surface area contributed by atoms with E-state index < -0.39 is 0 Å². The molecule has 4 nitrogen and oxygen atoms in total. The maximum atomic E-state index is 11.6. The van der Waals surface area contributed by atoms with Gasteiger partial charge in [0.15, 0.2) is 0 Å². The third kappa shape index (κ3) is 3.85. The third-order valence-electron chi connectivity index (χ3n) is 5.76. The molecule has 3 atom stereocenters. The second kappa shape index (κ2) is 7.33. The van der Waals surface area contributed by atoms with Crippen LogP contribution >= 0.6 is 0 Å². The van der Waals surface area contributed by atoms with Gasteiger partial charge in [0.2, 0.25) is 0 Å². The number of carbonyl (C=O) groups is 2. The number of esters is 2. The smallest absolute Gasteiger partial charge is 0.333 e.